The summed E-state index contributed by atoms with van der Waals surface area (Å²) in [5.41, 5.74) is 1.06. The number of hydrogen-bond acceptors (Lipinski definition) is 0. The summed E-state index contributed by atoms with van der Waals surface area (Å²) in [6.07, 6.45) is -0.251. The fraction of sp³-hybridized carbons (Fsp3) is 0.182. The van der Waals surface area contributed by atoms with Gasteiger partial charge in [-0.05, 0) is 59.9 Å². The molecule has 0 spiro atoms. The van der Waals surface area contributed by atoms with E-state index < -0.39 is 29.1 Å². The van der Waals surface area contributed by atoms with Crippen LogP contribution in [0.15, 0.2) is 42.5 Å². The zero-order valence-corrected chi connectivity index (χ0v) is 14.8. The second kappa shape index (κ2) is 7.51. The van der Waals surface area contributed by atoms with Crippen molar-refractivity contribution in [2.75, 3.05) is 0 Å². The van der Waals surface area contributed by atoms with Gasteiger partial charge < -0.3 is 0 Å². The first-order valence-electron chi connectivity index (χ1n) is 8.41. The van der Waals surface area contributed by atoms with E-state index in [-0.39, 0.29) is 40.7 Å². The summed E-state index contributed by atoms with van der Waals surface area (Å²) in [5.74, 6) is -4.14. The quantitative estimate of drug-likeness (QED) is 0.477. The monoisotopic (exact) mass is 376 g/mol. The molecule has 0 heterocycles. The molecule has 5 heteroatoms. The third kappa shape index (κ3) is 4.02. The normalized spacial score (nSPS) is 11.1. The molecule has 0 aliphatic heterocycles. The Labute approximate surface area is 154 Å². The lowest BCUT2D eigenvalue weighted by atomic mass is 9.97. The predicted octanol–water partition coefficient (Wildman–Crippen LogP) is 6.18. The van der Waals surface area contributed by atoms with Gasteiger partial charge in [-0.1, -0.05) is 24.3 Å². The minimum Gasteiger partial charge on any atom is -0.207 e. The second-order valence-electron chi connectivity index (χ2n) is 6.64. The van der Waals surface area contributed by atoms with E-state index in [1.54, 1.807) is 13.0 Å². The zero-order chi connectivity index (χ0) is 19.7. The maximum atomic E-state index is 14.4. The third-order valence-electron chi connectivity index (χ3n) is 4.57. The van der Waals surface area contributed by atoms with Gasteiger partial charge >= 0.3 is 0 Å². The Balaban J connectivity index is 1.89. The fourth-order valence-electron chi connectivity index (χ4n) is 2.92. The van der Waals surface area contributed by atoms with Crippen molar-refractivity contribution in [3.63, 3.8) is 0 Å². The van der Waals surface area contributed by atoms with E-state index >= 15 is 0 Å². The number of halogens is 5. The summed E-state index contributed by atoms with van der Waals surface area (Å²) < 4.78 is 70.1. The van der Waals surface area contributed by atoms with Crippen molar-refractivity contribution in [3.8, 4) is 0 Å². The standard InChI is InChI=1S/C22H17F5/c1-12-3-4-15(20(25)7-12)11-17-6-5-16(21(26)22(17)27)8-14-9-18(23)13(2)19(24)10-14/h3-7,9-10H,8,11H2,1-2H3. The van der Waals surface area contributed by atoms with Gasteiger partial charge in [0.15, 0.2) is 11.6 Å². The molecule has 0 fully saturated rings. The highest BCUT2D eigenvalue weighted by Crippen LogP contribution is 2.24. The van der Waals surface area contributed by atoms with E-state index in [9.17, 15) is 22.0 Å². The molecule has 140 valence electrons. The van der Waals surface area contributed by atoms with Crippen LogP contribution < -0.4 is 0 Å². The zero-order valence-electron chi connectivity index (χ0n) is 14.8. The molecule has 3 aromatic rings. The van der Waals surface area contributed by atoms with Crippen molar-refractivity contribution in [2.45, 2.75) is 26.7 Å². The van der Waals surface area contributed by atoms with Crippen LogP contribution in [-0.2, 0) is 12.8 Å². The molecule has 0 amide bonds. The van der Waals surface area contributed by atoms with Crippen LogP contribution in [0.2, 0.25) is 0 Å². The first-order valence-corrected chi connectivity index (χ1v) is 8.41. The Bertz CT molecular complexity index is 985. The topological polar surface area (TPSA) is 0 Å². The van der Waals surface area contributed by atoms with Crippen LogP contribution in [-0.4, -0.2) is 0 Å². The first kappa shape index (κ1) is 19.1. The SMILES string of the molecule is Cc1ccc(Cc2ccc(Cc3cc(F)c(C)c(F)c3)c(F)c2F)c(F)c1. The van der Waals surface area contributed by atoms with Crippen LogP contribution >= 0.6 is 0 Å². The van der Waals surface area contributed by atoms with Gasteiger partial charge in [0.2, 0.25) is 0 Å². The fourth-order valence-corrected chi connectivity index (χ4v) is 2.92. The van der Waals surface area contributed by atoms with Crippen molar-refractivity contribution in [1.82, 2.24) is 0 Å². The average Bonchev–Trinajstić information content (AvgIpc) is 2.61. The van der Waals surface area contributed by atoms with Crippen molar-refractivity contribution >= 4 is 0 Å². The maximum absolute atomic E-state index is 14.4. The van der Waals surface area contributed by atoms with Gasteiger partial charge in [0, 0.05) is 18.4 Å². The van der Waals surface area contributed by atoms with Crippen LogP contribution in [0.25, 0.3) is 0 Å². The molecule has 0 aliphatic rings. The molecule has 0 aromatic heterocycles. The molecule has 0 unspecified atom stereocenters. The van der Waals surface area contributed by atoms with Gasteiger partial charge in [0.05, 0.1) is 0 Å². The average molecular weight is 376 g/mol. The van der Waals surface area contributed by atoms with Gasteiger partial charge in [0.1, 0.15) is 17.5 Å². The van der Waals surface area contributed by atoms with E-state index in [1.165, 1.54) is 31.2 Å². The Morgan fingerprint density at radius 1 is 0.593 bits per heavy atom. The molecule has 0 saturated heterocycles. The molecule has 0 N–H and O–H groups in total. The molecule has 0 radical (unpaired) electrons. The lowest BCUT2D eigenvalue weighted by Crippen LogP contribution is -2.03. The van der Waals surface area contributed by atoms with Gasteiger partial charge in [-0.25, -0.2) is 22.0 Å². The maximum Gasteiger partial charge on any atom is 0.162 e. The number of aryl methyl sites for hydroxylation is 1. The molecular weight excluding hydrogens is 359 g/mol. The molecule has 0 bridgehead atoms. The summed E-state index contributed by atoms with van der Waals surface area (Å²) >= 11 is 0. The molecule has 0 nitrogen and oxygen atoms in total. The van der Waals surface area contributed by atoms with Crippen LogP contribution in [0.4, 0.5) is 22.0 Å². The molecule has 0 aliphatic carbocycles. The minimum absolute atomic E-state index is 0.0141. The summed E-state index contributed by atoms with van der Waals surface area (Å²) in [6, 6.07) is 9.49. The first-order chi connectivity index (χ1) is 12.8. The molecule has 27 heavy (non-hydrogen) atoms. The van der Waals surface area contributed by atoms with E-state index in [0.717, 1.165) is 17.7 Å². The van der Waals surface area contributed by atoms with Crippen LogP contribution in [0, 0.1) is 42.9 Å². The van der Waals surface area contributed by atoms with Gasteiger partial charge in [-0.3, -0.25) is 0 Å². The number of benzene rings is 3. The molecule has 3 aromatic carbocycles. The lowest BCUT2D eigenvalue weighted by molar-refractivity contribution is 0.492. The van der Waals surface area contributed by atoms with Gasteiger partial charge in [0.25, 0.3) is 0 Å². The Kier molecular flexibility index (Phi) is 5.31. The smallest absolute Gasteiger partial charge is 0.162 e. The predicted molar refractivity (Wildman–Crippen MR) is 94.2 cm³/mol. The molecule has 0 saturated carbocycles. The summed E-state index contributed by atoms with van der Waals surface area (Å²) in [5, 5.41) is 0. The Hall–Kier alpha value is -2.69. The van der Waals surface area contributed by atoms with E-state index in [2.05, 4.69) is 0 Å². The highest BCUT2D eigenvalue weighted by molar-refractivity contribution is 5.36. The van der Waals surface area contributed by atoms with Crippen LogP contribution in [0.5, 0.6) is 0 Å². The number of hydrogen-bond donors (Lipinski definition) is 0. The Morgan fingerprint density at radius 2 is 1.11 bits per heavy atom. The summed E-state index contributed by atoms with van der Waals surface area (Å²) in [6.45, 7) is 3.03. The van der Waals surface area contributed by atoms with E-state index in [1.807, 2.05) is 0 Å². The highest BCUT2D eigenvalue weighted by Gasteiger charge is 2.16. The van der Waals surface area contributed by atoms with Gasteiger partial charge in [-0.2, -0.15) is 0 Å². The molecule has 3 rings (SSSR count). The van der Waals surface area contributed by atoms with Crippen LogP contribution in [0.3, 0.4) is 0 Å². The van der Waals surface area contributed by atoms with Crippen molar-refractivity contribution < 1.29 is 22.0 Å². The van der Waals surface area contributed by atoms with E-state index in [4.69, 9.17) is 0 Å². The summed E-state index contributed by atoms with van der Waals surface area (Å²) in [7, 11) is 0. The second-order valence-corrected chi connectivity index (χ2v) is 6.64. The lowest BCUT2D eigenvalue weighted by Gasteiger charge is -2.11. The number of rotatable bonds is 4. The van der Waals surface area contributed by atoms with E-state index in [0.29, 0.717) is 0 Å². The van der Waals surface area contributed by atoms with Crippen molar-refractivity contribution in [1.29, 1.82) is 0 Å². The molecule has 0 atom stereocenters. The largest absolute Gasteiger partial charge is 0.207 e. The molecular formula is C22H17F5. The summed E-state index contributed by atoms with van der Waals surface area (Å²) in [4.78, 5) is 0. The van der Waals surface area contributed by atoms with Crippen molar-refractivity contribution in [2.24, 2.45) is 0 Å². The van der Waals surface area contributed by atoms with Crippen LogP contribution in [0.1, 0.15) is 33.4 Å². The van der Waals surface area contributed by atoms with Crippen molar-refractivity contribution in [3.05, 3.63) is 105 Å². The van der Waals surface area contributed by atoms with Gasteiger partial charge in [-0.15, -0.1) is 0 Å². The highest BCUT2D eigenvalue weighted by atomic mass is 19.2. The minimum atomic E-state index is -1.10. The third-order valence-corrected chi connectivity index (χ3v) is 4.57. The Morgan fingerprint density at radius 3 is 1.67 bits per heavy atom.